The van der Waals surface area contributed by atoms with E-state index in [1.807, 2.05) is 18.2 Å². The van der Waals surface area contributed by atoms with Crippen LogP contribution in [0.25, 0.3) is 0 Å². The van der Waals surface area contributed by atoms with Gasteiger partial charge in [0, 0.05) is 13.1 Å². The van der Waals surface area contributed by atoms with Crippen molar-refractivity contribution < 1.29 is 9.47 Å². The largest absolute Gasteiger partial charge is 0.493 e. The fraction of sp³-hybridized carbons (Fsp3) is 0.471. The van der Waals surface area contributed by atoms with Gasteiger partial charge < -0.3 is 20.1 Å². The standard InChI is InChI=1S/C17H25N5O2/c1-12(2)7-8-18-17-21-16(11-20-22-17)19-10-13-5-6-14(23-3)15(9-13)24-4/h5-6,9,11-12H,7-8,10H2,1-4H3,(H2,18,19,21,22). The Kier molecular flexibility index (Phi) is 6.60. The van der Waals surface area contributed by atoms with Gasteiger partial charge >= 0.3 is 0 Å². The summed E-state index contributed by atoms with van der Waals surface area (Å²) >= 11 is 0. The summed E-state index contributed by atoms with van der Waals surface area (Å²) in [7, 11) is 3.24. The number of hydrogen-bond donors (Lipinski definition) is 2. The summed E-state index contributed by atoms with van der Waals surface area (Å²) in [6.07, 6.45) is 2.67. The van der Waals surface area contributed by atoms with Crippen molar-refractivity contribution in [3.05, 3.63) is 30.0 Å². The molecule has 0 atom stereocenters. The van der Waals surface area contributed by atoms with Gasteiger partial charge in [0.05, 0.1) is 20.4 Å². The fourth-order valence-corrected chi connectivity index (χ4v) is 2.12. The molecule has 7 heteroatoms. The lowest BCUT2D eigenvalue weighted by molar-refractivity contribution is 0.354. The van der Waals surface area contributed by atoms with Crippen LogP contribution in [0.1, 0.15) is 25.8 Å². The summed E-state index contributed by atoms with van der Waals surface area (Å²) in [6, 6.07) is 5.79. The SMILES string of the molecule is COc1ccc(CNc2cnnc(NCCC(C)C)n2)cc1OC. The Morgan fingerprint density at radius 3 is 2.58 bits per heavy atom. The van der Waals surface area contributed by atoms with Gasteiger partial charge in [-0.1, -0.05) is 19.9 Å². The Labute approximate surface area is 142 Å². The zero-order valence-corrected chi connectivity index (χ0v) is 14.7. The summed E-state index contributed by atoms with van der Waals surface area (Å²) in [4.78, 5) is 4.41. The van der Waals surface area contributed by atoms with E-state index in [1.54, 1.807) is 20.4 Å². The Morgan fingerprint density at radius 2 is 1.88 bits per heavy atom. The van der Waals surface area contributed by atoms with Crippen molar-refractivity contribution in [1.82, 2.24) is 15.2 Å². The Morgan fingerprint density at radius 1 is 1.08 bits per heavy atom. The highest BCUT2D eigenvalue weighted by atomic mass is 16.5. The number of benzene rings is 1. The number of rotatable bonds is 9. The maximum absolute atomic E-state index is 5.31. The van der Waals surface area contributed by atoms with E-state index in [-0.39, 0.29) is 0 Å². The summed E-state index contributed by atoms with van der Waals surface area (Å²) in [5, 5.41) is 14.4. The highest BCUT2D eigenvalue weighted by Crippen LogP contribution is 2.27. The first-order valence-electron chi connectivity index (χ1n) is 8.00. The van der Waals surface area contributed by atoms with Crippen LogP contribution in [0.4, 0.5) is 11.8 Å². The monoisotopic (exact) mass is 331 g/mol. The van der Waals surface area contributed by atoms with Crippen molar-refractivity contribution in [2.75, 3.05) is 31.4 Å². The molecule has 2 rings (SSSR count). The van der Waals surface area contributed by atoms with E-state index in [1.165, 1.54) is 0 Å². The minimum atomic E-state index is 0.535. The summed E-state index contributed by atoms with van der Waals surface area (Å²) in [5.74, 6) is 3.26. The minimum absolute atomic E-state index is 0.535. The van der Waals surface area contributed by atoms with Gasteiger partial charge in [0.15, 0.2) is 17.3 Å². The van der Waals surface area contributed by atoms with Crippen LogP contribution in [0.2, 0.25) is 0 Å². The zero-order chi connectivity index (χ0) is 17.4. The van der Waals surface area contributed by atoms with Crippen molar-refractivity contribution in [3.63, 3.8) is 0 Å². The molecule has 0 bridgehead atoms. The Balaban J connectivity index is 1.94. The van der Waals surface area contributed by atoms with Crippen molar-refractivity contribution in [3.8, 4) is 11.5 Å². The van der Waals surface area contributed by atoms with E-state index >= 15 is 0 Å². The maximum Gasteiger partial charge on any atom is 0.244 e. The van der Waals surface area contributed by atoms with E-state index in [0.717, 1.165) is 18.5 Å². The molecule has 0 saturated heterocycles. The number of methoxy groups -OCH3 is 2. The molecule has 0 unspecified atom stereocenters. The van der Waals surface area contributed by atoms with Gasteiger partial charge in [0.1, 0.15) is 0 Å². The quantitative estimate of drug-likeness (QED) is 0.731. The molecular weight excluding hydrogens is 306 g/mol. The predicted octanol–water partition coefficient (Wildman–Crippen LogP) is 2.96. The lowest BCUT2D eigenvalue weighted by Crippen LogP contribution is -2.10. The van der Waals surface area contributed by atoms with Crippen molar-refractivity contribution in [1.29, 1.82) is 0 Å². The molecule has 0 fully saturated rings. The first-order chi connectivity index (χ1) is 11.6. The van der Waals surface area contributed by atoms with E-state index in [0.29, 0.717) is 35.7 Å². The molecular formula is C17H25N5O2. The first-order valence-corrected chi connectivity index (χ1v) is 8.00. The van der Waals surface area contributed by atoms with Crippen molar-refractivity contribution in [2.45, 2.75) is 26.8 Å². The maximum atomic E-state index is 5.31. The molecule has 1 aromatic heterocycles. The van der Waals surface area contributed by atoms with E-state index < -0.39 is 0 Å². The molecule has 7 nitrogen and oxygen atoms in total. The Hall–Kier alpha value is -2.57. The van der Waals surface area contributed by atoms with Gasteiger partial charge in [-0.05, 0) is 30.0 Å². The summed E-state index contributed by atoms with van der Waals surface area (Å²) < 4.78 is 10.6. The smallest absolute Gasteiger partial charge is 0.244 e. The van der Waals surface area contributed by atoms with E-state index in [2.05, 4.69) is 39.7 Å². The van der Waals surface area contributed by atoms with Crippen LogP contribution in [0, 0.1) is 5.92 Å². The van der Waals surface area contributed by atoms with Gasteiger partial charge in [-0.25, -0.2) is 0 Å². The lowest BCUT2D eigenvalue weighted by Gasteiger charge is -2.11. The van der Waals surface area contributed by atoms with Crippen LogP contribution in [-0.4, -0.2) is 35.9 Å². The van der Waals surface area contributed by atoms with E-state index in [4.69, 9.17) is 9.47 Å². The molecule has 2 aromatic rings. The average Bonchev–Trinajstić information content (AvgIpc) is 2.59. The third-order valence-corrected chi connectivity index (χ3v) is 3.49. The van der Waals surface area contributed by atoms with Crippen LogP contribution in [0.3, 0.4) is 0 Å². The highest BCUT2D eigenvalue weighted by molar-refractivity contribution is 5.44. The number of nitrogens with zero attached hydrogens (tertiary/aromatic N) is 3. The number of aromatic nitrogens is 3. The van der Waals surface area contributed by atoms with Gasteiger partial charge in [0.25, 0.3) is 0 Å². The normalized spacial score (nSPS) is 10.5. The molecule has 24 heavy (non-hydrogen) atoms. The van der Waals surface area contributed by atoms with Crippen LogP contribution < -0.4 is 20.1 Å². The van der Waals surface area contributed by atoms with Crippen molar-refractivity contribution in [2.24, 2.45) is 5.92 Å². The molecule has 0 aliphatic heterocycles. The van der Waals surface area contributed by atoms with Crippen LogP contribution >= 0.6 is 0 Å². The number of nitrogens with one attached hydrogen (secondary N) is 2. The molecule has 1 heterocycles. The summed E-state index contributed by atoms with van der Waals surface area (Å²) in [6.45, 7) is 5.80. The molecule has 130 valence electrons. The second-order valence-corrected chi connectivity index (χ2v) is 5.82. The minimum Gasteiger partial charge on any atom is -0.493 e. The molecule has 0 saturated carbocycles. The van der Waals surface area contributed by atoms with Crippen LogP contribution in [0.5, 0.6) is 11.5 Å². The highest BCUT2D eigenvalue weighted by Gasteiger charge is 2.05. The molecule has 0 aliphatic rings. The topological polar surface area (TPSA) is 81.2 Å². The van der Waals surface area contributed by atoms with Gasteiger partial charge in [-0.2, -0.15) is 10.1 Å². The first kappa shape index (κ1) is 17.8. The molecule has 0 radical (unpaired) electrons. The predicted molar refractivity (Wildman–Crippen MR) is 94.6 cm³/mol. The fourth-order valence-electron chi connectivity index (χ4n) is 2.12. The van der Waals surface area contributed by atoms with Crippen molar-refractivity contribution >= 4 is 11.8 Å². The third-order valence-electron chi connectivity index (χ3n) is 3.49. The Bertz CT molecular complexity index is 649. The number of hydrogen-bond acceptors (Lipinski definition) is 7. The van der Waals surface area contributed by atoms with Crippen LogP contribution in [0.15, 0.2) is 24.4 Å². The number of anilines is 2. The third kappa shape index (κ3) is 5.26. The zero-order valence-electron chi connectivity index (χ0n) is 14.7. The van der Waals surface area contributed by atoms with E-state index in [9.17, 15) is 0 Å². The summed E-state index contributed by atoms with van der Waals surface area (Å²) in [5.41, 5.74) is 1.06. The average molecular weight is 331 g/mol. The molecule has 2 N–H and O–H groups in total. The molecule has 0 spiro atoms. The second-order valence-electron chi connectivity index (χ2n) is 5.82. The van der Waals surface area contributed by atoms with Gasteiger partial charge in [0.2, 0.25) is 5.95 Å². The van der Waals surface area contributed by atoms with Gasteiger partial charge in [-0.15, -0.1) is 5.10 Å². The number of ether oxygens (including phenoxy) is 2. The van der Waals surface area contributed by atoms with Crippen LogP contribution in [-0.2, 0) is 6.54 Å². The molecule has 1 aromatic carbocycles. The second kappa shape index (κ2) is 8.90. The molecule has 0 aliphatic carbocycles. The molecule has 0 amide bonds. The van der Waals surface area contributed by atoms with Gasteiger partial charge in [-0.3, -0.25) is 0 Å². The lowest BCUT2D eigenvalue weighted by atomic mass is 10.1.